The van der Waals surface area contributed by atoms with Crippen LogP contribution in [0.15, 0.2) is 59.0 Å². The molecule has 0 radical (unpaired) electrons. The number of allylic oxidation sites excluding steroid dienone is 1. The van der Waals surface area contributed by atoms with Gasteiger partial charge in [-0.2, -0.15) is 4.31 Å². The van der Waals surface area contributed by atoms with Gasteiger partial charge in [-0.1, -0.05) is 30.4 Å². The van der Waals surface area contributed by atoms with Gasteiger partial charge in [-0.15, -0.1) is 11.8 Å². The lowest BCUT2D eigenvalue weighted by Crippen LogP contribution is -2.28. The Morgan fingerprint density at radius 2 is 2.07 bits per heavy atom. The van der Waals surface area contributed by atoms with Crippen molar-refractivity contribution in [1.82, 2.24) is 14.3 Å². The standard InChI is InChI=1S/C20H22N4O3S2/c1-14(25)15-5-4-6-16(13-15)22-20-21-10-9-17(23-20)18-7-8-19(28-18)29(26,27)24-11-2-3-12-24/h2-6,8-10,13-14,18,25H,7,11-12H2,1H3,(H,21,22,23). The third-order valence-electron chi connectivity index (χ3n) is 4.77. The number of nitrogens with zero attached hydrogens (tertiary/aromatic N) is 3. The first-order valence-electron chi connectivity index (χ1n) is 9.33. The van der Waals surface area contributed by atoms with E-state index in [1.165, 1.54) is 16.1 Å². The Morgan fingerprint density at radius 1 is 1.28 bits per heavy atom. The molecule has 2 aromatic rings. The summed E-state index contributed by atoms with van der Waals surface area (Å²) >= 11 is 1.33. The van der Waals surface area contributed by atoms with Crippen LogP contribution in [0.4, 0.5) is 11.6 Å². The number of aliphatic hydroxyl groups is 1. The summed E-state index contributed by atoms with van der Waals surface area (Å²) in [5, 5.41) is 12.8. The summed E-state index contributed by atoms with van der Waals surface area (Å²) in [6, 6.07) is 9.25. The molecule has 152 valence electrons. The van der Waals surface area contributed by atoms with Gasteiger partial charge in [0.25, 0.3) is 0 Å². The van der Waals surface area contributed by atoms with Gasteiger partial charge in [-0.05, 0) is 37.1 Å². The Balaban J connectivity index is 1.47. The topological polar surface area (TPSA) is 95.4 Å². The normalized spacial score (nSPS) is 20.6. The smallest absolute Gasteiger partial charge is 0.249 e. The van der Waals surface area contributed by atoms with Crippen molar-refractivity contribution in [2.45, 2.75) is 24.7 Å². The van der Waals surface area contributed by atoms with Gasteiger partial charge in [0, 0.05) is 25.0 Å². The zero-order valence-electron chi connectivity index (χ0n) is 15.9. The van der Waals surface area contributed by atoms with Crippen LogP contribution >= 0.6 is 11.8 Å². The van der Waals surface area contributed by atoms with E-state index in [-0.39, 0.29) is 5.25 Å². The number of aliphatic hydroxyl groups excluding tert-OH is 1. The molecule has 7 nitrogen and oxygen atoms in total. The molecule has 0 aliphatic carbocycles. The number of hydrogen-bond donors (Lipinski definition) is 2. The maximum atomic E-state index is 12.7. The molecule has 3 heterocycles. The van der Waals surface area contributed by atoms with Gasteiger partial charge in [0.2, 0.25) is 16.0 Å². The number of anilines is 2. The number of benzene rings is 1. The van der Waals surface area contributed by atoms with Crippen molar-refractivity contribution in [2.24, 2.45) is 0 Å². The van der Waals surface area contributed by atoms with Crippen LogP contribution in [-0.2, 0) is 10.0 Å². The van der Waals surface area contributed by atoms with Crippen LogP contribution in [-0.4, -0.2) is 40.9 Å². The molecular weight excluding hydrogens is 408 g/mol. The van der Waals surface area contributed by atoms with Crippen LogP contribution in [0.2, 0.25) is 0 Å². The molecule has 2 atom stereocenters. The fourth-order valence-electron chi connectivity index (χ4n) is 3.19. The number of aromatic nitrogens is 2. The predicted octanol–water partition coefficient (Wildman–Crippen LogP) is 3.49. The van der Waals surface area contributed by atoms with Crippen molar-refractivity contribution in [1.29, 1.82) is 0 Å². The van der Waals surface area contributed by atoms with E-state index in [2.05, 4.69) is 15.3 Å². The fourth-order valence-corrected chi connectivity index (χ4v) is 6.38. The van der Waals surface area contributed by atoms with Crippen LogP contribution < -0.4 is 5.32 Å². The SMILES string of the molecule is CC(O)c1cccc(Nc2nccc(C3CC=C(S(=O)(=O)N4CC=CC4)S3)n2)c1. The molecule has 1 aromatic heterocycles. The predicted molar refractivity (Wildman–Crippen MR) is 115 cm³/mol. The van der Waals surface area contributed by atoms with Gasteiger partial charge in [0.1, 0.15) is 4.24 Å². The lowest BCUT2D eigenvalue weighted by atomic mass is 10.1. The molecule has 2 unspecified atom stereocenters. The number of thioether (sulfide) groups is 1. The molecule has 29 heavy (non-hydrogen) atoms. The minimum Gasteiger partial charge on any atom is -0.389 e. The lowest BCUT2D eigenvalue weighted by molar-refractivity contribution is 0.199. The zero-order chi connectivity index (χ0) is 20.4. The van der Waals surface area contributed by atoms with Gasteiger partial charge in [0.15, 0.2) is 0 Å². The highest BCUT2D eigenvalue weighted by Gasteiger charge is 2.33. The van der Waals surface area contributed by atoms with Crippen molar-refractivity contribution in [3.63, 3.8) is 0 Å². The van der Waals surface area contributed by atoms with E-state index < -0.39 is 16.1 Å². The third-order valence-corrected chi connectivity index (χ3v) is 8.46. The molecule has 0 bridgehead atoms. The summed E-state index contributed by atoms with van der Waals surface area (Å²) in [6.45, 7) is 2.57. The van der Waals surface area contributed by atoms with Crippen LogP contribution in [0.5, 0.6) is 0 Å². The molecule has 0 saturated carbocycles. The highest BCUT2D eigenvalue weighted by Crippen LogP contribution is 2.46. The van der Waals surface area contributed by atoms with E-state index in [4.69, 9.17) is 0 Å². The summed E-state index contributed by atoms with van der Waals surface area (Å²) in [6.07, 6.45) is 7.23. The Kier molecular flexibility index (Phi) is 5.73. The molecule has 2 aliphatic rings. The summed E-state index contributed by atoms with van der Waals surface area (Å²) in [7, 11) is -3.44. The van der Waals surface area contributed by atoms with Crippen molar-refractivity contribution >= 4 is 33.4 Å². The Labute approximate surface area is 174 Å². The maximum Gasteiger partial charge on any atom is 0.249 e. The fraction of sp³-hybridized carbons (Fsp3) is 0.300. The maximum absolute atomic E-state index is 12.7. The van der Waals surface area contributed by atoms with Crippen LogP contribution in [0.25, 0.3) is 0 Å². The van der Waals surface area contributed by atoms with Crippen LogP contribution in [0, 0.1) is 0 Å². The highest BCUT2D eigenvalue weighted by molar-refractivity contribution is 8.18. The average Bonchev–Trinajstić information content (AvgIpc) is 3.41. The second kappa shape index (κ2) is 8.27. The number of sulfonamides is 1. The third kappa shape index (κ3) is 4.37. The van der Waals surface area contributed by atoms with E-state index in [1.54, 1.807) is 19.2 Å². The summed E-state index contributed by atoms with van der Waals surface area (Å²) in [4.78, 5) is 8.84. The minimum absolute atomic E-state index is 0.0670. The summed E-state index contributed by atoms with van der Waals surface area (Å²) in [5.41, 5.74) is 2.36. The minimum atomic E-state index is -3.44. The lowest BCUT2D eigenvalue weighted by Gasteiger charge is -2.17. The van der Waals surface area contributed by atoms with Crippen LogP contribution in [0.1, 0.15) is 36.0 Å². The van der Waals surface area contributed by atoms with Crippen molar-refractivity contribution in [3.8, 4) is 0 Å². The van der Waals surface area contributed by atoms with E-state index in [0.717, 1.165) is 16.9 Å². The first kappa shape index (κ1) is 20.1. The molecule has 9 heteroatoms. The first-order chi connectivity index (χ1) is 13.9. The van der Waals surface area contributed by atoms with Crippen molar-refractivity contribution < 1.29 is 13.5 Å². The Bertz CT molecular complexity index is 1060. The van der Waals surface area contributed by atoms with Crippen molar-refractivity contribution in [2.75, 3.05) is 18.4 Å². The Hall–Kier alpha value is -2.20. The molecule has 2 N–H and O–H groups in total. The molecule has 0 fully saturated rings. The van der Waals surface area contributed by atoms with Gasteiger partial charge in [-0.3, -0.25) is 0 Å². The van der Waals surface area contributed by atoms with Gasteiger partial charge in [0.05, 0.1) is 17.0 Å². The first-order valence-corrected chi connectivity index (χ1v) is 11.7. The Morgan fingerprint density at radius 3 is 2.83 bits per heavy atom. The van der Waals surface area contributed by atoms with E-state index >= 15 is 0 Å². The highest BCUT2D eigenvalue weighted by atomic mass is 32.3. The second-order valence-electron chi connectivity index (χ2n) is 6.89. The number of rotatable bonds is 6. The number of hydrogen-bond acceptors (Lipinski definition) is 7. The van der Waals surface area contributed by atoms with Gasteiger partial charge >= 0.3 is 0 Å². The molecule has 0 amide bonds. The quantitative estimate of drug-likeness (QED) is 0.677. The molecule has 0 spiro atoms. The molecular formula is C20H22N4O3S2. The summed E-state index contributed by atoms with van der Waals surface area (Å²) in [5.74, 6) is 0.436. The van der Waals surface area contributed by atoms with Gasteiger partial charge < -0.3 is 10.4 Å². The summed E-state index contributed by atoms with van der Waals surface area (Å²) < 4.78 is 27.3. The monoisotopic (exact) mass is 430 g/mol. The molecule has 2 aliphatic heterocycles. The van der Waals surface area contributed by atoms with Gasteiger partial charge in [-0.25, -0.2) is 18.4 Å². The largest absolute Gasteiger partial charge is 0.389 e. The average molecular weight is 431 g/mol. The van der Waals surface area contributed by atoms with Crippen LogP contribution in [0.3, 0.4) is 0 Å². The molecule has 1 aromatic carbocycles. The molecule has 0 saturated heterocycles. The second-order valence-corrected chi connectivity index (χ2v) is 10.3. The van der Waals surface area contributed by atoms with Crippen molar-refractivity contribution in [3.05, 3.63) is 70.3 Å². The van der Waals surface area contributed by atoms with E-state index in [0.29, 0.717) is 29.7 Å². The number of nitrogens with one attached hydrogen (secondary N) is 1. The van der Waals surface area contributed by atoms with E-state index in [9.17, 15) is 13.5 Å². The van der Waals surface area contributed by atoms with E-state index in [1.807, 2.05) is 42.5 Å². The zero-order valence-corrected chi connectivity index (χ0v) is 17.5. The molecule has 4 rings (SSSR count).